The summed E-state index contributed by atoms with van der Waals surface area (Å²) in [4.78, 5) is 4.79. The summed E-state index contributed by atoms with van der Waals surface area (Å²) in [5.41, 5.74) is 7.89. The van der Waals surface area contributed by atoms with E-state index < -0.39 is 0 Å². The van der Waals surface area contributed by atoms with Gasteiger partial charge in [-0.25, -0.2) is 0 Å². The quantitative estimate of drug-likeness (QED) is 0.632. The van der Waals surface area contributed by atoms with E-state index in [2.05, 4.69) is 27.7 Å². The summed E-state index contributed by atoms with van der Waals surface area (Å²) in [6.07, 6.45) is 3.52. The average Bonchev–Trinajstić information content (AvgIpc) is 2.25. The molecule has 19 heavy (non-hydrogen) atoms. The minimum absolute atomic E-state index is 0.346. The Bertz CT molecular complexity index is 441. The highest BCUT2D eigenvalue weighted by Crippen LogP contribution is 2.46. The van der Waals surface area contributed by atoms with Crippen LogP contribution >= 0.6 is 0 Å². The Morgan fingerprint density at radius 3 is 2.11 bits per heavy atom. The first-order chi connectivity index (χ1) is 8.77. The fraction of sp³-hybridized carbons (Fsp3) is 0.588. The van der Waals surface area contributed by atoms with E-state index in [1.54, 1.807) is 0 Å². The largest absolute Gasteiger partial charge is 0.383 e. The van der Waals surface area contributed by atoms with Crippen LogP contribution in [-0.2, 0) is 0 Å². The molecule has 0 aromatic heterocycles. The van der Waals surface area contributed by atoms with E-state index in [4.69, 9.17) is 10.7 Å². The van der Waals surface area contributed by atoms with Gasteiger partial charge in [0, 0.05) is 5.56 Å². The van der Waals surface area contributed by atoms with Gasteiger partial charge in [0.15, 0.2) is 0 Å². The van der Waals surface area contributed by atoms with Gasteiger partial charge in [0.2, 0.25) is 0 Å². The van der Waals surface area contributed by atoms with Crippen LogP contribution in [0.1, 0.15) is 52.5 Å². The molecule has 1 fully saturated rings. The van der Waals surface area contributed by atoms with Crippen LogP contribution in [0.15, 0.2) is 35.3 Å². The van der Waals surface area contributed by atoms with E-state index in [1.807, 2.05) is 30.3 Å². The van der Waals surface area contributed by atoms with E-state index in [1.165, 1.54) is 6.42 Å². The summed E-state index contributed by atoms with van der Waals surface area (Å²) in [6.45, 7) is 9.37. The van der Waals surface area contributed by atoms with E-state index >= 15 is 0 Å². The molecule has 0 amide bonds. The van der Waals surface area contributed by atoms with Crippen LogP contribution in [-0.4, -0.2) is 11.9 Å². The lowest BCUT2D eigenvalue weighted by molar-refractivity contribution is 0.0997. The molecule has 0 bridgehead atoms. The Morgan fingerprint density at radius 2 is 1.58 bits per heavy atom. The van der Waals surface area contributed by atoms with Gasteiger partial charge in [-0.1, -0.05) is 58.0 Å². The first-order valence-electron chi connectivity index (χ1n) is 7.16. The highest BCUT2D eigenvalue weighted by Gasteiger charge is 2.38. The molecule has 2 nitrogen and oxygen atoms in total. The standard InChI is InChI=1S/C17H26N2/c1-16(2)10-14(11-17(3,4)12-16)19-15(18)13-8-6-5-7-9-13/h5-9,14H,10-12H2,1-4H3,(H2,18,19). The van der Waals surface area contributed by atoms with E-state index in [9.17, 15) is 0 Å². The van der Waals surface area contributed by atoms with Crippen molar-refractivity contribution in [2.75, 3.05) is 0 Å². The highest BCUT2D eigenvalue weighted by atomic mass is 14.9. The van der Waals surface area contributed by atoms with Crippen LogP contribution in [0.5, 0.6) is 0 Å². The third-order valence-electron chi connectivity index (χ3n) is 3.92. The molecule has 0 heterocycles. The molecule has 1 aliphatic carbocycles. The van der Waals surface area contributed by atoms with E-state index in [-0.39, 0.29) is 0 Å². The fourth-order valence-electron chi connectivity index (χ4n) is 3.76. The van der Waals surface area contributed by atoms with Gasteiger partial charge in [-0.15, -0.1) is 0 Å². The maximum absolute atomic E-state index is 6.15. The third kappa shape index (κ3) is 3.82. The van der Waals surface area contributed by atoms with Crippen LogP contribution in [0.4, 0.5) is 0 Å². The first kappa shape index (κ1) is 14.1. The van der Waals surface area contributed by atoms with Crippen molar-refractivity contribution >= 4 is 5.84 Å². The maximum Gasteiger partial charge on any atom is 0.125 e. The molecule has 2 rings (SSSR count). The molecular weight excluding hydrogens is 232 g/mol. The topological polar surface area (TPSA) is 38.4 Å². The average molecular weight is 258 g/mol. The lowest BCUT2D eigenvalue weighted by Crippen LogP contribution is -2.36. The second-order valence-corrected chi connectivity index (χ2v) is 7.45. The van der Waals surface area contributed by atoms with Gasteiger partial charge >= 0.3 is 0 Å². The van der Waals surface area contributed by atoms with Crippen LogP contribution in [0.3, 0.4) is 0 Å². The second kappa shape index (κ2) is 4.99. The number of nitrogens with two attached hydrogens (primary N) is 1. The van der Waals surface area contributed by atoms with Gasteiger partial charge in [0.05, 0.1) is 6.04 Å². The Balaban J connectivity index is 2.18. The van der Waals surface area contributed by atoms with Gasteiger partial charge in [-0.3, -0.25) is 4.99 Å². The maximum atomic E-state index is 6.15. The molecule has 2 N–H and O–H groups in total. The van der Waals surface area contributed by atoms with Gasteiger partial charge < -0.3 is 5.73 Å². The van der Waals surface area contributed by atoms with Gasteiger partial charge in [0.25, 0.3) is 0 Å². The summed E-state index contributed by atoms with van der Waals surface area (Å²) in [6, 6.07) is 10.4. The number of rotatable bonds is 2. The number of hydrogen-bond donors (Lipinski definition) is 1. The zero-order valence-corrected chi connectivity index (χ0v) is 12.6. The summed E-state index contributed by atoms with van der Waals surface area (Å²) in [5.74, 6) is 0.680. The van der Waals surface area contributed by atoms with Crippen LogP contribution in [0, 0.1) is 10.8 Å². The summed E-state index contributed by atoms with van der Waals surface area (Å²) in [7, 11) is 0. The minimum atomic E-state index is 0.346. The zero-order valence-electron chi connectivity index (χ0n) is 12.6. The molecule has 0 atom stereocenters. The van der Waals surface area contributed by atoms with E-state index in [0.717, 1.165) is 18.4 Å². The number of hydrogen-bond acceptors (Lipinski definition) is 1. The molecule has 1 aliphatic rings. The van der Waals surface area contributed by atoms with Crippen molar-refractivity contribution in [1.29, 1.82) is 0 Å². The summed E-state index contributed by atoms with van der Waals surface area (Å²) < 4.78 is 0. The monoisotopic (exact) mass is 258 g/mol. The minimum Gasteiger partial charge on any atom is -0.383 e. The normalized spacial score (nSPS) is 23.3. The van der Waals surface area contributed by atoms with Crippen molar-refractivity contribution in [3.63, 3.8) is 0 Å². The number of nitrogens with zero attached hydrogens (tertiary/aromatic N) is 1. The third-order valence-corrected chi connectivity index (χ3v) is 3.92. The highest BCUT2D eigenvalue weighted by molar-refractivity contribution is 5.97. The molecule has 1 aromatic carbocycles. The van der Waals surface area contributed by atoms with E-state index in [0.29, 0.717) is 22.7 Å². The van der Waals surface area contributed by atoms with Gasteiger partial charge in [-0.05, 0) is 30.1 Å². The van der Waals surface area contributed by atoms with Crippen LogP contribution in [0.2, 0.25) is 0 Å². The number of amidine groups is 1. The second-order valence-electron chi connectivity index (χ2n) is 7.45. The molecule has 0 radical (unpaired) electrons. The molecule has 0 spiro atoms. The Kier molecular flexibility index (Phi) is 3.71. The van der Waals surface area contributed by atoms with Crippen molar-refractivity contribution in [2.24, 2.45) is 21.6 Å². The SMILES string of the molecule is CC1(C)CC(N=C(N)c2ccccc2)CC(C)(C)C1. The van der Waals surface area contributed by atoms with Gasteiger partial charge in [0.1, 0.15) is 5.84 Å². The zero-order chi connectivity index (χ0) is 14.1. The van der Waals surface area contributed by atoms with Crippen molar-refractivity contribution in [3.05, 3.63) is 35.9 Å². The van der Waals surface area contributed by atoms with Crippen LogP contribution < -0.4 is 5.73 Å². The predicted octanol–water partition coefficient (Wildman–Crippen LogP) is 4.00. The van der Waals surface area contributed by atoms with Crippen molar-refractivity contribution in [2.45, 2.75) is 53.0 Å². The molecular formula is C17H26N2. The van der Waals surface area contributed by atoms with Gasteiger partial charge in [-0.2, -0.15) is 0 Å². The number of benzene rings is 1. The lowest BCUT2D eigenvalue weighted by Gasteiger charge is -2.43. The molecule has 0 unspecified atom stereocenters. The Hall–Kier alpha value is -1.31. The first-order valence-corrected chi connectivity index (χ1v) is 7.16. The summed E-state index contributed by atoms with van der Waals surface area (Å²) in [5, 5.41) is 0. The van der Waals surface area contributed by atoms with Crippen molar-refractivity contribution < 1.29 is 0 Å². The smallest absolute Gasteiger partial charge is 0.125 e. The Labute approximate surface area is 117 Å². The molecule has 0 saturated heterocycles. The Morgan fingerprint density at radius 1 is 1.05 bits per heavy atom. The predicted molar refractivity (Wildman–Crippen MR) is 82.4 cm³/mol. The number of aliphatic imine (C=N–C) groups is 1. The van der Waals surface area contributed by atoms with Crippen molar-refractivity contribution in [1.82, 2.24) is 0 Å². The fourth-order valence-corrected chi connectivity index (χ4v) is 3.76. The lowest BCUT2D eigenvalue weighted by atomic mass is 9.64. The molecule has 1 aromatic rings. The van der Waals surface area contributed by atoms with Crippen LogP contribution in [0.25, 0.3) is 0 Å². The molecule has 1 saturated carbocycles. The molecule has 104 valence electrons. The van der Waals surface area contributed by atoms with Crippen molar-refractivity contribution in [3.8, 4) is 0 Å². The molecule has 2 heteroatoms. The molecule has 0 aliphatic heterocycles. The summed E-state index contributed by atoms with van der Waals surface area (Å²) >= 11 is 0.